The molecule has 1 rings (SSSR count). The van der Waals surface area contributed by atoms with E-state index in [-0.39, 0.29) is 0 Å². The van der Waals surface area contributed by atoms with Crippen LogP contribution in [0.3, 0.4) is 0 Å². The summed E-state index contributed by atoms with van der Waals surface area (Å²) in [4.78, 5) is 13.4. The molecule has 48 valence electrons. The summed E-state index contributed by atoms with van der Waals surface area (Å²) in [7, 11) is 0. The minimum absolute atomic E-state index is 1.00. The van der Waals surface area contributed by atoms with Crippen LogP contribution in [0.5, 0.6) is 0 Å². The monoisotopic (exact) mass is 147 g/mol. The Morgan fingerprint density at radius 1 is 1.78 bits per heavy atom. The molecule has 1 aliphatic rings. The molecule has 9 heavy (non-hydrogen) atoms. The zero-order valence-corrected chi connectivity index (χ0v) is 4.91. The average Bonchev–Trinajstić information content (AvgIpc) is 2.16. The highest BCUT2D eigenvalue weighted by Gasteiger charge is 2.37. The first-order valence-corrected chi connectivity index (χ1v) is 2.41. The van der Waals surface area contributed by atoms with Gasteiger partial charge in [0.2, 0.25) is 0 Å². The summed E-state index contributed by atoms with van der Waals surface area (Å²) in [5.74, 6) is -1.32. The number of azo groups is 1. The lowest BCUT2D eigenvalue weighted by molar-refractivity contribution is -0.139. The molecule has 1 aliphatic heterocycles. The molecule has 1 heterocycles. The van der Waals surface area contributed by atoms with E-state index in [1.165, 1.54) is 0 Å². The fourth-order valence-electron chi connectivity index (χ4n) is 0.328. The zero-order chi connectivity index (χ0) is 6.91. The maximum absolute atomic E-state index is 10.1. The molecule has 5 nitrogen and oxygen atoms in total. The highest BCUT2D eigenvalue weighted by Crippen LogP contribution is 2.22. The van der Waals surface area contributed by atoms with E-state index in [0.29, 0.717) is 0 Å². The van der Waals surface area contributed by atoms with Gasteiger partial charge in [0.25, 0.3) is 0 Å². The Labute approximate surface area is 55.1 Å². The van der Waals surface area contributed by atoms with Crippen molar-refractivity contribution in [2.75, 3.05) is 0 Å². The molecule has 0 radical (unpaired) electrons. The maximum atomic E-state index is 10.1. The van der Waals surface area contributed by atoms with Gasteiger partial charge in [-0.05, 0) is 0 Å². The van der Waals surface area contributed by atoms with Crippen molar-refractivity contribution in [3.63, 3.8) is 0 Å². The minimum atomic E-state index is -1.89. The minimum Gasteiger partial charge on any atom is -0.477 e. The molecular formula is C3H2ClN3O2. The van der Waals surface area contributed by atoms with Crippen LogP contribution in [0.1, 0.15) is 0 Å². The summed E-state index contributed by atoms with van der Waals surface area (Å²) >= 11 is 5.25. The Kier molecular flexibility index (Phi) is 1.21. The number of rotatable bonds is 1. The molecule has 0 fully saturated rings. The molecule has 0 bridgehead atoms. The SMILES string of the molecule is O=C(O)C1(Cl)N=CN=N1. The Morgan fingerprint density at radius 3 is 2.67 bits per heavy atom. The quantitative estimate of drug-likeness (QED) is 0.432. The van der Waals surface area contributed by atoms with E-state index in [1.807, 2.05) is 0 Å². The molecule has 0 aliphatic carbocycles. The molecule has 6 heteroatoms. The van der Waals surface area contributed by atoms with Crippen LogP contribution >= 0.6 is 11.6 Å². The number of nitrogens with zero attached hydrogens (tertiary/aromatic N) is 3. The number of alkyl halides is 1. The predicted molar refractivity (Wildman–Crippen MR) is 29.6 cm³/mol. The fourth-order valence-corrected chi connectivity index (χ4v) is 0.416. The van der Waals surface area contributed by atoms with E-state index < -0.39 is 11.1 Å². The van der Waals surface area contributed by atoms with E-state index in [9.17, 15) is 4.79 Å². The molecule has 1 unspecified atom stereocenters. The molecule has 0 amide bonds. The van der Waals surface area contributed by atoms with Crippen molar-refractivity contribution in [2.45, 2.75) is 5.12 Å². The second kappa shape index (κ2) is 1.77. The lowest BCUT2D eigenvalue weighted by atomic mass is 10.5. The van der Waals surface area contributed by atoms with Crippen LogP contribution in [-0.4, -0.2) is 22.5 Å². The first-order chi connectivity index (χ1) is 4.15. The van der Waals surface area contributed by atoms with Gasteiger partial charge in [0.1, 0.15) is 6.34 Å². The molecular weight excluding hydrogens is 146 g/mol. The average molecular weight is 148 g/mol. The first-order valence-electron chi connectivity index (χ1n) is 2.03. The van der Waals surface area contributed by atoms with Crippen molar-refractivity contribution >= 4 is 23.9 Å². The van der Waals surface area contributed by atoms with E-state index in [2.05, 4.69) is 15.2 Å². The van der Waals surface area contributed by atoms with Crippen molar-refractivity contribution in [3.05, 3.63) is 0 Å². The van der Waals surface area contributed by atoms with Gasteiger partial charge in [0.15, 0.2) is 0 Å². The number of aliphatic carboxylic acids is 1. The summed E-state index contributed by atoms with van der Waals surface area (Å²) in [6, 6.07) is 0. The maximum Gasteiger partial charge on any atom is 0.372 e. The predicted octanol–water partition coefficient (Wildman–Crippen LogP) is 0.458. The van der Waals surface area contributed by atoms with Crippen molar-refractivity contribution in [1.29, 1.82) is 0 Å². The second-order valence-electron chi connectivity index (χ2n) is 1.35. The van der Waals surface area contributed by atoms with Crippen LogP contribution < -0.4 is 0 Å². The van der Waals surface area contributed by atoms with Gasteiger partial charge in [-0.15, -0.1) is 10.2 Å². The van der Waals surface area contributed by atoms with Gasteiger partial charge in [0, 0.05) is 0 Å². The molecule has 0 aromatic rings. The number of carboxylic acids is 1. The number of carbonyl (C=O) groups is 1. The van der Waals surface area contributed by atoms with E-state index in [0.717, 1.165) is 6.34 Å². The highest BCUT2D eigenvalue weighted by atomic mass is 35.5. The molecule has 0 spiro atoms. The van der Waals surface area contributed by atoms with E-state index in [4.69, 9.17) is 16.7 Å². The van der Waals surface area contributed by atoms with Crippen LogP contribution in [0.4, 0.5) is 0 Å². The third kappa shape index (κ3) is 0.904. The number of halogens is 1. The largest absolute Gasteiger partial charge is 0.477 e. The van der Waals surface area contributed by atoms with Crippen molar-refractivity contribution < 1.29 is 9.90 Å². The van der Waals surface area contributed by atoms with Crippen molar-refractivity contribution in [2.24, 2.45) is 15.2 Å². The second-order valence-corrected chi connectivity index (χ2v) is 1.88. The summed E-state index contributed by atoms with van der Waals surface area (Å²) < 4.78 is 0. The summed E-state index contributed by atoms with van der Waals surface area (Å²) in [5, 5.41) is 12.7. The van der Waals surface area contributed by atoms with E-state index in [1.54, 1.807) is 0 Å². The van der Waals surface area contributed by atoms with Gasteiger partial charge in [0.05, 0.1) is 0 Å². The van der Waals surface area contributed by atoms with Crippen molar-refractivity contribution in [3.8, 4) is 0 Å². The molecule has 0 aromatic carbocycles. The number of carboxylic acid groups (broad SMARTS) is 1. The smallest absolute Gasteiger partial charge is 0.372 e. The summed E-state index contributed by atoms with van der Waals surface area (Å²) in [6.45, 7) is 0. The third-order valence-corrected chi connectivity index (χ3v) is 1.08. The number of hydrogen-bond donors (Lipinski definition) is 1. The van der Waals surface area contributed by atoms with Crippen LogP contribution in [0.25, 0.3) is 0 Å². The van der Waals surface area contributed by atoms with Crippen LogP contribution in [0.2, 0.25) is 0 Å². The van der Waals surface area contributed by atoms with Gasteiger partial charge in [-0.3, -0.25) is 0 Å². The van der Waals surface area contributed by atoms with Crippen LogP contribution in [-0.2, 0) is 4.79 Å². The Hall–Kier alpha value is -0.970. The Morgan fingerprint density at radius 2 is 2.44 bits per heavy atom. The Bertz CT molecular complexity index is 187. The molecule has 0 saturated carbocycles. The van der Waals surface area contributed by atoms with Crippen molar-refractivity contribution in [1.82, 2.24) is 0 Å². The lowest BCUT2D eigenvalue weighted by Crippen LogP contribution is -2.25. The highest BCUT2D eigenvalue weighted by molar-refractivity contribution is 6.33. The van der Waals surface area contributed by atoms with Gasteiger partial charge >= 0.3 is 11.1 Å². The fraction of sp³-hybridized carbons (Fsp3) is 0.333. The normalized spacial score (nSPS) is 31.2. The topological polar surface area (TPSA) is 74.4 Å². The van der Waals surface area contributed by atoms with E-state index >= 15 is 0 Å². The van der Waals surface area contributed by atoms with Gasteiger partial charge in [-0.25, -0.2) is 9.79 Å². The summed E-state index contributed by atoms with van der Waals surface area (Å²) in [6.07, 6.45) is 1.00. The third-order valence-electron chi connectivity index (χ3n) is 0.743. The molecule has 0 aromatic heterocycles. The summed E-state index contributed by atoms with van der Waals surface area (Å²) in [5.41, 5.74) is 0. The first kappa shape index (κ1) is 6.15. The zero-order valence-electron chi connectivity index (χ0n) is 4.15. The molecule has 1 atom stereocenters. The van der Waals surface area contributed by atoms with Gasteiger partial charge in [-0.1, -0.05) is 11.6 Å². The number of aliphatic imine (C=N–C) groups is 1. The van der Waals surface area contributed by atoms with Crippen LogP contribution in [0, 0.1) is 0 Å². The van der Waals surface area contributed by atoms with Gasteiger partial charge < -0.3 is 5.11 Å². The van der Waals surface area contributed by atoms with Gasteiger partial charge in [-0.2, -0.15) is 0 Å². The number of hydrogen-bond acceptors (Lipinski definition) is 4. The molecule has 0 saturated heterocycles. The molecule has 1 N–H and O–H groups in total. The van der Waals surface area contributed by atoms with Crippen LogP contribution in [0.15, 0.2) is 15.2 Å². The Balaban J connectivity index is 2.88. The standard InChI is InChI=1S/C3H2ClN3O2/c4-3(2(8)9)5-1-6-7-3/h1H,(H,8,9). The lowest BCUT2D eigenvalue weighted by Gasteiger charge is -2.03.